The summed E-state index contributed by atoms with van der Waals surface area (Å²) >= 11 is 0. The number of rotatable bonds is 7. The summed E-state index contributed by atoms with van der Waals surface area (Å²) in [5.74, 6) is 0.421. The number of unbranched alkanes of at least 4 members (excludes halogenated alkanes) is 1. The zero-order valence-electron chi connectivity index (χ0n) is 15.6. The Bertz CT molecular complexity index is 963. The van der Waals surface area contributed by atoms with Crippen LogP contribution in [0.3, 0.4) is 0 Å². The molecule has 0 atom stereocenters. The van der Waals surface area contributed by atoms with Crippen molar-refractivity contribution in [2.75, 3.05) is 13.7 Å². The van der Waals surface area contributed by atoms with Gasteiger partial charge in [0.1, 0.15) is 5.75 Å². The molecule has 1 aromatic heterocycles. The van der Waals surface area contributed by atoms with Crippen LogP contribution < -0.4 is 4.74 Å². The molecule has 0 saturated carbocycles. The van der Waals surface area contributed by atoms with Gasteiger partial charge in [-0.3, -0.25) is 4.98 Å². The van der Waals surface area contributed by atoms with E-state index in [0.29, 0.717) is 6.61 Å². The normalized spacial score (nSPS) is 11.0. The molecular weight excluding hydrogens is 338 g/mol. The Labute approximate surface area is 159 Å². The highest BCUT2D eigenvalue weighted by Crippen LogP contribution is 2.31. The lowest BCUT2D eigenvalue weighted by molar-refractivity contribution is -0.137. The van der Waals surface area contributed by atoms with Crippen molar-refractivity contribution in [1.29, 1.82) is 0 Å². The van der Waals surface area contributed by atoms with E-state index in [2.05, 4.69) is 11.9 Å². The maximum absolute atomic E-state index is 12.0. The first-order valence-electron chi connectivity index (χ1n) is 9.10. The van der Waals surface area contributed by atoms with E-state index in [9.17, 15) is 4.79 Å². The summed E-state index contributed by atoms with van der Waals surface area (Å²) in [4.78, 5) is 16.7. The summed E-state index contributed by atoms with van der Waals surface area (Å²) in [5.41, 5.74) is 2.61. The summed E-state index contributed by atoms with van der Waals surface area (Å²) in [7, 11) is 1.64. The van der Waals surface area contributed by atoms with Crippen LogP contribution in [-0.4, -0.2) is 24.7 Å². The molecule has 0 aliphatic carbocycles. The van der Waals surface area contributed by atoms with Crippen LogP contribution in [-0.2, 0) is 9.53 Å². The molecule has 4 nitrogen and oxygen atoms in total. The second-order valence-electron chi connectivity index (χ2n) is 6.19. The maximum Gasteiger partial charge on any atom is 0.330 e. The number of pyridine rings is 1. The van der Waals surface area contributed by atoms with E-state index in [0.717, 1.165) is 46.2 Å². The Morgan fingerprint density at radius 3 is 2.81 bits per heavy atom. The molecule has 0 saturated heterocycles. The first-order chi connectivity index (χ1) is 13.2. The molecule has 0 aliphatic heterocycles. The average molecular weight is 361 g/mol. The molecule has 0 unspecified atom stereocenters. The Hall–Kier alpha value is -3.14. The molecule has 0 bridgehead atoms. The minimum absolute atomic E-state index is 0.340. The molecule has 27 heavy (non-hydrogen) atoms. The van der Waals surface area contributed by atoms with E-state index in [1.807, 2.05) is 54.7 Å². The first-order valence-corrected chi connectivity index (χ1v) is 9.10. The van der Waals surface area contributed by atoms with Crippen LogP contribution in [0.25, 0.3) is 28.1 Å². The largest absolute Gasteiger partial charge is 0.497 e. The molecule has 3 aromatic rings. The quantitative estimate of drug-likeness (QED) is 0.327. The number of aromatic nitrogens is 1. The summed E-state index contributed by atoms with van der Waals surface area (Å²) in [6.45, 7) is 2.50. The minimum atomic E-state index is -0.340. The van der Waals surface area contributed by atoms with E-state index in [4.69, 9.17) is 9.47 Å². The molecule has 138 valence electrons. The van der Waals surface area contributed by atoms with Crippen LogP contribution in [0.15, 0.2) is 60.8 Å². The number of fused-ring (bicyclic) bond motifs is 1. The summed E-state index contributed by atoms with van der Waals surface area (Å²) < 4.78 is 10.6. The topological polar surface area (TPSA) is 48.4 Å². The monoisotopic (exact) mass is 361 g/mol. The van der Waals surface area contributed by atoms with Gasteiger partial charge in [-0.1, -0.05) is 49.7 Å². The van der Waals surface area contributed by atoms with E-state index < -0.39 is 0 Å². The van der Waals surface area contributed by atoms with Crippen molar-refractivity contribution in [3.8, 4) is 17.0 Å². The van der Waals surface area contributed by atoms with Gasteiger partial charge in [0.2, 0.25) is 0 Å². The number of hydrogen-bond acceptors (Lipinski definition) is 4. The number of benzene rings is 2. The summed E-state index contributed by atoms with van der Waals surface area (Å²) in [6.07, 6.45) is 6.97. The Morgan fingerprint density at radius 2 is 2.00 bits per heavy atom. The standard InChI is InChI=1S/C23H23NO3/c1-3-4-14-27-22(25)13-12-21-20-11-6-5-8-18(20)16-24-23(21)17-9-7-10-19(15-17)26-2/h5-13,15-16H,3-4,14H2,1-2H3/b13-12+. The fourth-order valence-corrected chi connectivity index (χ4v) is 2.87. The average Bonchev–Trinajstić information content (AvgIpc) is 2.72. The number of esters is 1. The highest BCUT2D eigenvalue weighted by atomic mass is 16.5. The third kappa shape index (κ3) is 4.53. The van der Waals surface area contributed by atoms with Gasteiger partial charge in [-0.25, -0.2) is 4.79 Å². The number of methoxy groups -OCH3 is 1. The van der Waals surface area contributed by atoms with Crippen molar-refractivity contribution in [1.82, 2.24) is 4.98 Å². The third-order valence-electron chi connectivity index (χ3n) is 4.31. The van der Waals surface area contributed by atoms with E-state index in [-0.39, 0.29) is 5.97 Å². The predicted octanol–water partition coefficient (Wildman–Crippen LogP) is 5.27. The molecule has 0 fully saturated rings. The van der Waals surface area contributed by atoms with Gasteiger partial charge in [-0.2, -0.15) is 0 Å². The predicted molar refractivity (Wildman–Crippen MR) is 109 cm³/mol. The van der Waals surface area contributed by atoms with Gasteiger partial charge in [0.25, 0.3) is 0 Å². The van der Waals surface area contributed by atoms with Gasteiger partial charge in [-0.05, 0) is 30.0 Å². The van der Waals surface area contributed by atoms with Gasteiger partial charge in [0.05, 0.1) is 19.4 Å². The molecule has 4 heteroatoms. The zero-order chi connectivity index (χ0) is 19.1. The van der Waals surface area contributed by atoms with Gasteiger partial charge in [0.15, 0.2) is 0 Å². The second-order valence-corrected chi connectivity index (χ2v) is 6.19. The number of ether oxygens (including phenoxy) is 2. The molecule has 0 amide bonds. The molecule has 0 aliphatic rings. The number of carbonyl (C=O) groups excluding carboxylic acids is 1. The summed E-state index contributed by atoms with van der Waals surface area (Å²) in [5, 5.41) is 2.05. The van der Waals surface area contributed by atoms with Crippen molar-refractivity contribution >= 4 is 22.8 Å². The van der Waals surface area contributed by atoms with Crippen molar-refractivity contribution in [3.05, 3.63) is 66.4 Å². The molecular formula is C23H23NO3. The Morgan fingerprint density at radius 1 is 1.15 bits per heavy atom. The van der Waals surface area contributed by atoms with Gasteiger partial charge in [0, 0.05) is 28.8 Å². The molecule has 0 radical (unpaired) electrons. The molecule has 2 aromatic carbocycles. The highest BCUT2D eigenvalue weighted by molar-refractivity contribution is 5.98. The summed E-state index contributed by atoms with van der Waals surface area (Å²) in [6, 6.07) is 15.7. The van der Waals surface area contributed by atoms with E-state index >= 15 is 0 Å². The van der Waals surface area contributed by atoms with E-state index in [1.165, 1.54) is 6.08 Å². The van der Waals surface area contributed by atoms with Gasteiger partial charge in [-0.15, -0.1) is 0 Å². The molecule has 0 N–H and O–H groups in total. The fraction of sp³-hybridized carbons (Fsp3) is 0.217. The SMILES string of the molecule is CCCCOC(=O)/C=C/c1c(-c2cccc(OC)c2)ncc2ccccc12. The van der Waals surface area contributed by atoms with Crippen LogP contribution in [0.2, 0.25) is 0 Å². The lowest BCUT2D eigenvalue weighted by Crippen LogP contribution is -2.02. The van der Waals surface area contributed by atoms with Crippen molar-refractivity contribution < 1.29 is 14.3 Å². The van der Waals surface area contributed by atoms with Crippen molar-refractivity contribution in [2.45, 2.75) is 19.8 Å². The molecule has 0 spiro atoms. The number of nitrogens with zero attached hydrogens (tertiary/aromatic N) is 1. The lowest BCUT2D eigenvalue weighted by atomic mass is 9.99. The van der Waals surface area contributed by atoms with Crippen LogP contribution in [0.4, 0.5) is 0 Å². The van der Waals surface area contributed by atoms with Crippen LogP contribution in [0.1, 0.15) is 25.3 Å². The fourth-order valence-electron chi connectivity index (χ4n) is 2.87. The van der Waals surface area contributed by atoms with E-state index in [1.54, 1.807) is 13.2 Å². The number of hydrogen-bond donors (Lipinski definition) is 0. The van der Waals surface area contributed by atoms with Crippen LogP contribution in [0, 0.1) is 0 Å². The third-order valence-corrected chi connectivity index (χ3v) is 4.31. The first kappa shape index (κ1) is 18.6. The van der Waals surface area contributed by atoms with Crippen molar-refractivity contribution in [2.24, 2.45) is 0 Å². The van der Waals surface area contributed by atoms with Gasteiger partial charge >= 0.3 is 5.97 Å². The lowest BCUT2D eigenvalue weighted by Gasteiger charge is -2.10. The Kier molecular flexibility index (Phi) is 6.21. The second kappa shape index (κ2) is 8.99. The van der Waals surface area contributed by atoms with Gasteiger partial charge < -0.3 is 9.47 Å². The maximum atomic E-state index is 12.0. The molecule has 3 rings (SSSR count). The molecule has 1 heterocycles. The van der Waals surface area contributed by atoms with Crippen molar-refractivity contribution in [3.63, 3.8) is 0 Å². The Balaban J connectivity index is 2.03. The highest BCUT2D eigenvalue weighted by Gasteiger charge is 2.10. The van der Waals surface area contributed by atoms with Crippen LogP contribution >= 0.6 is 0 Å². The minimum Gasteiger partial charge on any atom is -0.497 e. The number of carbonyl (C=O) groups is 1. The zero-order valence-corrected chi connectivity index (χ0v) is 15.6. The van der Waals surface area contributed by atoms with Crippen LogP contribution in [0.5, 0.6) is 5.75 Å². The smallest absolute Gasteiger partial charge is 0.330 e.